The van der Waals surface area contributed by atoms with Crippen molar-refractivity contribution >= 4 is 11.9 Å². The summed E-state index contributed by atoms with van der Waals surface area (Å²) in [4.78, 5) is 25.3. The van der Waals surface area contributed by atoms with Crippen molar-refractivity contribution in [3.05, 3.63) is 10.4 Å². The lowest BCUT2D eigenvalue weighted by Crippen LogP contribution is -2.30. The Morgan fingerprint density at radius 2 is 2.17 bits per heavy atom. The van der Waals surface area contributed by atoms with E-state index in [1.165, 1.54) is 0 Å². The van der Waals surface area contributed by atoms with Crippen LogP contribution in [0.15, 0.2) is 5.11 Å². The van der Waals surface area contributed by atoms with Crippen LogP contribution in [0.3, 0.4) is 0 Å². The van der Waals surface area contributed by atoms with E-state index in [4.69, 9.17) is 10.3 Å². The maximum Gasteiger partial charge on any atom is 0.315 e. The van der Waals surface area contributed by atoms with E-state index in [-0.39, 0.29) is 24.0 Å². The fourth-order valence-electron chi connectivity index (χ4n) is 2.39. The number of amides is 3. The molecule has 0 spiro atoms. The van der Waals surface area contributed by atoms with Crippen LogP contribution in [0.4, 0.5) is 4.79 Å². The van der Waals surface area contributed by atoms with E-state index in [1.54, 1.807) is 0 Å². The fourth-order valence-corrected chi connectivity index (χ4v) is 2.39. The first-order valence-electron chi connectivity index (χ1n) is 8.06. The van der Waals surface area contributed by atoms with Crippen molar-refractivity contribution in [1.82, 2.24) is 16.0 Å². The Morgan fingerprint density at radius 1 is 1.35 bits per heavy atom. The summed E-state index contributed by atoms with van der Waals surface area (Å²) in [5.74, 6) is 0.0212. The van der Waals surface area contributed by atoms with Crippen molar-refractivity contribution in [1.29, 1.82) is 0 Å². The third-order valence-corrected chi connectivity index (χ3v) is 3.67. The second-order valence-electron chi connectivity index (χ2n) is 5.53. The molecule has 0 aromatic heterocycles. The summed E-state index contributed by atoms with van der Waals surface area (Å²) in [6.07, 6.45) is 4.23. The molecule has 3 amide bonds. The third-order valence-electron chi connectivity index (χ3n) is 3.67. The Morgan fingerprint density at radius 3 is 2.87 bits per heavy atom. The summed E-state index contributed by atoms with van der Waals surface area (Å²) in [6, 6.07) is 0.270. The topological polar surface area (TPSA) is 128 Å². The first-order chi connectivity index (χ1) is 11.1. The summed E-state index contributed by atoms with van der Waals surface area (Å²) in [6.45, 7) is 3.54. The highest BCUT2D eigenvalue weighted by Gasteiger charge is 2.26. The molecule has 2 atom stereocenters. The number of nitrogens with one attached hydrogen (secondary N) is 3. The summed E-state index contributed by atoms with van der Waals surface area (Å²) in [7, 11) is 0. The predicted molar refractivity (Wildman–Crippen MR) is 85.8 cm³/mol. The highest BCUT2D eigenvalue weighted by Crippen LogP contribution is 2.11. The van der Waals surface area contributed by atoms with Gasteiger partial charge in [-0.3, -0.25) is 4.79 Å². The van der Waals surface area contributed by atoms with E-state index in [1.807, 2.05) is 6.92 Å². The van der Waals surface area contributed by atoms with Crippen molar-refractivity contribution in [2.45, 2.75) is 51.1 Å². The Hall–Kier alpha value is -1.99. The molecule has 1 rings (SSSR count). The smallest absolute Gasteiger partial charge is 0.315 e. The SMILES string of the molecule is C[C@@H]1NC(=O)N[C@@H]1CCCCCC(=O)NCCOCCN=[N+]=[N-]. The van der Waals surface area contributed by atoms with Gasteiger partial charge in [-0.1, -0.05) is 18.0 Å². The first-order valence-corrected chi connectivity index (χ1v) is 8.06. The molecule has 1 fully saturated rings. The van der Waals surface area contributed by atoms with Crippen molar-refractivity contribution < 1.29 is 14.3 Å². The van der Waals surface area contributed by atoms with Crippen LogP contribution in [-0.4, -0.2) is 50.3 Å². The molecular formula is C14H26N6O3. The monoisotopic (exact) mass is 326 g/mol. The molecule has 1 heterocycles. The minimum absolute atomic E-state index is 0.0212. The number of urea groups is 1. The van der Waals surface area contributed by atoms with Crippen LogP contribution in [0, 0.1) is 0 Å². The largest absolute Gasteiger partial charge is 0.379 e. The molecule has 9 nitrogen and oxygen atoms in total. The Labute approximate surface area is 136 Å². The lowest BCUT2D eigenvalue weighted by atomic mass is 10.0. The van der Waals surface area contributed by atoms with E-state index >= 15 is 0 Å². The van der Waals surface area contributed by atoms with Gasteiger partial charge in [0.1, 0.15) is 0 Å². The van der Waals surface area contributed by atoms with Crippen LogP contribution in [0.5, 0.6) is 0 Å². The second kappa shape index (κ2) is 11.6. The van der Waals surface area contributed by atoms with Gasteiger partial charge in [0, 0.05) is 30.5 Å². The highest BCUT2D eigenvalue weighted by atomic mass is 16.5. The van der Waals surface area contributed by atoms with Crippen molar-refractivity contribution in [3.8, 4) is 0 Å². The van der Waals surface area contributed by atoms with Gasteiger partial charge in [0.05, 0.1) is 19.3 Å². The van der Waals surface area contributed by atoms with Crippen LogP contribution >= 0.6 is 0 Å². The van der Waals surface area contributed by atoms with Gasteiger partial charge in [-0.15, -0.1) is 0 Å². The quantitative estimate of drug-likeness (QED) is 0.217. The molecule has 0 aromatic carbocycles. The van der Waals surface area contributed by atoms with Crippen LogP contribution in [0.2, 0.25) is 0 Å². The number of nitrogens with zero attached hydrogens (tertiary/aromatic N) is 3. The summed E-state index contributed by atoms with van der Waals surface area (Å²) in [5, 5.41) is 11.8. The summed E-state index contributed by atoms with van der Waals surface area (Å²) in [5.41, 5.74) is 8.07. The number of rotatable bonds is 12. The molecule has 1 saturated heterocycles. The van der Waals surface area contributed by atoms with Gasteiger partial charge in [0.15, 0.2) is 0 Å². The third kappa shape index (κ3) is 8.90. The predicted octanol–water partition coefficient (Wildman–Crippen LogP) is 1.45. The first kappa shape index (κ1) is 19.1. The second-order valence-corrected chi connectivity index (χ2v) is 5.53. The van der Waals surface area contributed by atoms with Crippen molar-refractivity contribution in [2.24, 2.45) is 5.11 Å². The zero-order valence-corrected chi connectivity index (χ0v) is 13.6. The lowest BCUT2D eigenvalue weighted by Gasteiger charge is -2.13. The summed E-state index contributed by atoms with van der Waals surface area (Å²) >= 11 is 0. The minimum atomic E-state index is -0.0940. The number of ether oxygens (including phenoxy) is 1. The number of hydrogen-bond donors (Lipinski definition) is 3. The van der Waals surface area contributed by atoms with Crippen LogP contribution in [0.1, 0.15) is 39.0 Å². The standard InChI is InChI=1S/C14H26N6O3/c1-11-12(19-14(22)18-11)5-3-2-4-6-13(21)16-7-9-23-10-8-17-20-15/h11-12H,2-10H2,1H3,(H,16,21)(H2,18,19,22)/t11-,12+/m0/s1. The van der Waals surface area contributed by atoms with E-state index < -0.39 is 0 Å². The maximum atomic E-state index is 11.6. The molecule has 0 radical (unpaired) electrons. The Balaban J connectivity index is 1.90. The highest BCUT2D eigenvalue weighted by molar-refractivity contribution is 5.77. The Kier molecular flexibility index (Phi) is 9.58. The molecule has 23 heavy (non-hydrogen) atoms. The fraction of sp³-hybridized carbons (Fsp3) is 0.857. The molecule has 3 N–H and O–H groups in total. The van der Waals surface area contributed by atoms with E-state index in [2.05, 4.69) is 26.0 Å². The number of unbranched alkanes of at least 4 members (excludes halogenated alkanes) is 2. The zero-order valence-electron chi connectivity index (χ0n) is 13.6. The number of carbonyl (C=O) groups excluding carboxylic acids is 2. The molecule has 0 aliphatic carbocycles. The average Bonchev–Trinajstić information content (AvgIpc) is 2.84. The molecule has 130 valence electrons. The van der Waals surface area contributed by atoms with Crippen molar-refractivity contribution in [3.63, 3.8) is 0 Å². The van der Waals surface area contributed by atoms with E-state index in [0.29, 0.717) is 32.7 Å². The number of hydrogen-bond acceptors (Lipinski definition) is 4. The average molecular weight is 326 g/mol. The van der Waals surface area contributed by atoms with Gasteiger partial charge in [-0.2, -0.15) is 0 Å². The molecule has 0 unspecified atom stereocenters. The normalized spacial score (nSPS) is 19.6. The minimum Gasteiger partial charge on any atom is -0.379 e. The number of carbonyl (C=O) groups is 2. The van der Waals surface area contributed by atoms with Gasteiger partial charge in [0.2, 0.25) is 5.91 Å². The van der Waals surface area contributed by atoms with Crippen LogP contribution < -0.4 is 16.0 Å². The van der Waals surface area contributed by atoms with E-state index in [0.717, 1.165) is 25.7 Å². The van der Waals surface area contributed by atoms with Crippen LogP contribution in [-0.2, 0) is 9.53 Å². The zero-order chi connectivity index (χ0) is 16.9. The van der Waals surface area contributed by atoms with Crippen LogP contribution in [0.25, 0.3) is 10.4 Å². The lowest BCUT2D eigenvalue weighted by molar-refractivity contribution is -0.121. The van der Waals surface area contributed by atoms with Gasteiger partial charge in [-0.05, 0) is 25.3 Å². The van der Waals surface area contributed by atoms with Gasteiger partial charge in [-0.25, -0.2) is 4.79 Å². The van der Waals surface area contributed by atoms with E-state index in [9.17, 15) is 9.59 Å². The molecule has 1 aliphatic heterocycles. The van der Waals surface area contributed by atoms with Gasteiger partial charge in [0.25, 0.3) is 0 Å². The maximum absolute atomic E-state index is 11.6. The van der Waals surface area contributed by atoms with Gasteiger partial charge < -0.3 is 20.7 Å². The number of azide groups is 1. The van der Waals surface area contributed by atoms with Crippen molar-refractivity contribution in [2.75, 3.05) is 26.3 Å². The molecular weight excluding hydrogens is 300 g/mol. The summed E-state index contributed by atoms with van der Waals surface area (Å²) < 4.78 is 5.18. The molecule has 0 aromatic rings. The molecule has 9 heteroatoms. The molecule has 0 bridgehead atoms. The van der Waals surface area contributed by atoms with Gasteiger partial charge >= 0.3 is 6.03 Å². The molecule has 0 saturated carbocycles. The molecule has 1 aliphatic rings. The Bertz CT molecular complexity index is 425.